The fraction of sp³-hybridized carbons (Fsp3) is 0.133. The zero-order valence-electron chi connectivity index (χ0n) is 19.8. The molecule has 166 valence electrons. The van der Waals surface area contributed by atoms with Gasteiger partial charge in [0.1, 0.15) is 0 Å². The van der Waals surface area contributed by atoms with Crippen molar-refractivity contribution < 1.29 is 4.43 Å². The Hall–Kier alpha value is -2.77. The Morgan fingerprint density at radius 1 is 0.618 bits per heavy atom. The molecule has 1 aliphatic rings. The molecule has 0 bridgehead atoms. The van der Waals surface area contributed by atoms with Gasteiger partial charge < -0.3 is 4.43 Å². The predicted octanol–water partition coefficient (Wildman–Crippen LogP) is 6.90. The van der Waals surface area contributed by atoms with Gasteiger partial charge in [-0.25, -0.2) is 0 Å². The third kappa shape index (κ3) is 3.36. The maximum Gasteiger partial charge on any atom is 0.164 e. The highest BCUT2D eigenvalue weighted by Gasteiger charge is 2.32. The monoisotopic (exact) mass is 488 g/mol. The van der Waals surface area contributed by atoms with Gasteiger partial charge in [0.25, 0.3) is 0 Å². The molecule has 0 radical (unpaired) electrons. The van der Waals surface area contributed by atoms with Crippen LogP contribution in [-0.2, 0) is 4.43 Å². The Morgan fingerprint density at radius 2 is 1.21 bits per heavy atom. The van der Waals surface area contributed by atoms with Crippen molar-refractivity contribution in [2.75, 3.05) is 0 Å². The SMILES string of the molecule is C[Si]1(C)OC(c2cccc3cc4ccc5cc6cc7ccccc7cc6cc5c4cc23)C[SiH2][SiH2]1. The summed E-state index contributed by atoms with van der Waals surface area (Å²) in [4.78, 5) is 0. The zero-order valence-corrected chi connectivity index (χ0v) is 23.6. The molecule has 0 aliphatic carbocycles. The maximum atomic E-state index is 6.80. The fourth-order valence-electron chi connectivity index (χ4n) is 6.01. The molecule has 1 fully saturated rings. The van der Waals surface area contributed by atoms with E-state index in [9.17, 15) is 0 Å². The summed E-state index contributed by atoms with van der Waals surface area (Å²) in [6.45, 7) is 4.92. The van der Waals surface area contributed by atoms with E-state index in [1.165, 1.54) is 65.5 Å². The highest BCUT2D eigenvalue weighted by atomic mass is 29.6. The van der Waals surface area contributed by atoms with E-state index in [1.54, 1.807) is 0 Å². The lowest BCUT2D eigenvalue weighted by Crippen LogP contribution is -2.47. The Labute approximate surface area is 205 Å². The lowest BCUT2D eigenvalue weighted by molar-refractivity contribution is 0.225. The summed E-state index contributed by atoms with van der Waals surface area (Å²) in [5.74, 6) is 0. The molecule has 4 heteroatoms. The molecular formula is C30H28OSi3. The number of benzene rings is 6. The Morgan fingerprint density at radius 3 is 1.94 bits per heavy atom. The van der Waals surface area contributed by atoms with E-state index < -0.39 is 7.83 Å². The van der Waals surface area contributed by atoms with Crippen LogP contribution in [0.5, 0.6) is 0 Å². The van der Waals surface area contributed by atoms with Gasteiger partial charge in [-0.15, -0.1) is 0 Å². The van der Waals surface area contributed by atoms with Crippen LogP contribution in [0.3, 0.4) is 0 Å². The molecule has 34 heavy (non-hydrogen) atoms. The number of rotatable bonds is 1. The Kier molecular flexibility index (Phi) is 4.61. The van der Waals surface area contributed by atoms with Crippen LogP contribution in [0.1, 0.15) is 11.7 Å². The van der Waals surface area contributed by atoms with E-state index in [0.29, 0.717) is 6.10 Å². The molecular weight excluding hydrogens is 461 g/mol. The first-order valence-electron chi connectivity index (χ1n) is 12.4. The first-order chi connectivity index (χ1) is 16.5. The smallest absolute Gasteiger partial charge is 0.164 e. The van der Waals surface area contributed by atoms with Gasteiger partial charge in [-0.05, 0) is 115 Å². The largest absolute Gasteiger partial charge is 0.414 e. The van der Waals surface area contributed by atoms with Gasteiger partial charge in [0.05, 0.1) is 6.10 Å². The normalized spacial score (nSPS) is 19.8. The summed E-state index contributed by atoms with van der Waals surface area (Å²) in [6, 6.07) is 35.7. The van der Waals surface area contributed by atoms with Crippen molar-refractivity contribution >= 4 is 79.3 Å². The van der Waals surface area contributed by atoms with E-state index in [0.717, 1.165) is 0 Å². The quantitative estimate of drug-likeness (QED) is 0.139. The first-order valence-corrected chi connectivity index (χ1v) is 22.7. The third-order valence-electron chi connectivity index (χ3n) is 7.74. The lowest BCUT2D eigenvalue weighted by atomic mass is 9.93. The molecule has 1 nitrogen and oxygen atoms in total. The molecule has 0 saturated carbocycles. The average Bonchev–Trinajstić information content (AvgIpc) is 2.84. The summed E-state index contributed by atoms with van der Waals surface area (Å²) in [6.07, 6.45) is 0.318. The molecule has 1 heterocycles. The second kappa shape index (κ2) is 7.62. The van der Waals surface area contributed by atoms with Gasteiger partial charge in [0, 0.05) is 17.6 Å². The van der Waals surface area contributed by atoms with Crippen molar-refractivity contribution in [3.8, 4) is 0 Å². The molecule has 1 atom stereocenters. The third-order valence-corrected chi connectivity index (χ3v) is 31.6. The molecule has 1 aliphatic heterocycles. The van der Waals surface area contributed by atoms with Gasteiger partial charge in [-0.2, -0.15) is 0 Å². The molecule has 7 rings (SSSR count). The maximum absolute atomic E-state index is 6.80. The van der Waals surface area contributed by atoms with Gasteiger partial charge in [-0.3, -0.25) is 0 Å². The van der Waals surface area contributed by atoms with E-state index in [1.807, 2.05) is 0 Å². The van der Waals surface area contributed by atoms with Crippen LogP contribution in [-0.4, -0.2) is 25.4 Å². The second-order valence-electron chi connectivity index (χ2n) is 10.6. The molecule has 1 unspecified atom stereocenters. The minimum absolute atomic E-state index is 0.107. The summed E-state index contributed by atoms with van der Waals surface area (Å²) >= 11 is 0. The van der Waals surface area contributed by atoms with Gasteiger partial charge in [0.2, 0.25) is 0 Å². The summed E-state index contributed by atoms with van der Waals surface area (Å²) in [7, 11) is -1.16. The molecule has 6 aromatic carbocycles. The lowest BCUT2D eigenvalue weighted by Gasteiger charge is -2.35. The number of hydrogen-bond acceptors (Lipinski definition) is 1. The summed E-state index contributed by atoms with van der Waals surface area (Å²) < 4.78 is 6.80. The fourth-order valence-corrected chi connectivity index (χ4v) is 25.0. The van der Waals surface area contributed by atoms with Crippen molar-refractivity contribution in [1.82, 2.24) is 0 Å². The van der Waals surface area contributed by atoms with Crippen molar-refractivity contribution in [2.24, 2.45) is 0 Å². The molecule has 0 N–H and O–H groups in total. The van der Waals surface area contributed by atoms with Gasteiger partial charge >= 0.3 is 0 Å². The van der Waals surface area contributed by atoms with Crippen molar-refractivity contribution in [3.63, 3.8) is 0 Å². The first kappa shape index (κ1) is 20.6. The second-order valence-corrected chi connectivity index (χ2v) is 29.4. The molecule has 6 aromatic rings. The van der Waals surface area contributed by atoms with Gasteiger partial charge in [0.15, 0.2) is 7.83 Å². The predicted molar refractivity (Wildman–Crippen MR) is 157 cm³/mol. The minimum Gasteiger partial charge on any atom is -0.414 e. The highest BCUT2D eigenvalue weighted by molar-refractivity contribution is 7.41. The van der Waals surface area contributed by atoms with Crippen molar-refractivity contribution in [1.29, 1.82) is 0 Å². The minimum atomic E-state index is -1.37. The van der Waals surface area contributed by atoms with Crippen LogP contribution in [0.4, 0.5) is 0 Å². The van der Waals surface area contributed by atoms with Crippen molar-refractivity contribution in [3.05, 3.63) is 96.6 Å². The van der Waals surface area contributed by atoms with Crippen LogP contribution in [0.15, 0.2) is 91.0 Å². The van der Waals surface area contributed by atoms with Crippen LogP contribution < -0.4 is 0 Å². The Bertz CT molecular complexity index is 1760. The van der Waals surface area contributed by atoms with Crippen LogP contribution >= 0.6 is 0 Å². The molecule has 1 saturated heterocycles. The van der Waals surface area contributed by atoms with Gasteiger partial charge in [-0.1, -0.05) is 54.6 Å². The summed E-state index contributed by atoms with van der Waals surface area (Å²) in [5.41, 5.74) is 1.42. The number of fused-ring (bicyclic) bond motifs is 6. The van der Waals surface area contributed by atoms with Crippen LogP contribution in [0.2, 0.25) is 19.1 Å². The van der Waals surface area contributed by atoms with E-state index in [2.05, 4.69) is 104 Å². The molecule has 0 aromatic heterocycles. The van der Waals surface area contributed by atoms with E-state index in [-0.39, 0.29) is 17.6 Å². The van der Waals surface area contributed by atoms with E-state index in [4.69, 9.17) is 4.43 Å². The number of hydrogen-bond donors (Lipinski definition) is 0. The average molecular weight is 489 g/mol. The Balaban J connectivity index is 1.49. The standard InChI is InChI=1S/C30H28OSi3/c1-34(2)31-30(18-32-33-34)26-9-5-8-21-14-22-10-11-23-15-24-12-19-6-3-4-7-20(19)13-25(24)16-27(23)29(22)17-28(21)26/h3-17,30H,18,32-33H2,1-2H3. The zero-order chi connectivity index (χ0) is 22.9. The molecule has 0 amide bonds. The van der Waals surface area contributed by atoms with Crippen molar-refractivity contribution in [2.45, 2.75) is 25.2 Å². The summed E-state index contributed by atoms with van der Waals surface area (Å²) in [5, 5.41) is 13.3. The topological polar surface area (TPSA) is 9.23 Å². The highest BCUT2D eigenvalue weighted by Crippen LogP contribution is 2.38. The van der Waals surface area contributed by atoms with Crippen LogP contribution in [0.25, 0.3) is 53.9 Å². The van der Waals surface area contributed by atoms with Crippen LogP contribution in [0, 0.1) is 0 Å². The molecule has 0 spiro atoms. The van der Waals surface area contributed by atoms with E-state index >= 15 is 0 Å².